The van der Waals surface area contributed by atoms with Crippen LogP contribution in [0.5, 0.6) is 0 Å². The summed E-state index contributed by atoms with van der Waals surface area (Å²) in [4.78, 5) is 33.8. The highest BCUT2D eigenvalue weighted by Crippen LogP contribution is 2.18. The highest BCUT2D eigenvalue weighted by atomic mass is 16.4. The third kappa shape index (κ3) is 5.56. The molecule has 1 fully saturated rings. The summed E-state index contributed by atoms with van der Waals surface area (Å²) in [6, 6.07) is -2.48. The Bertz CT molecular complexity index is 356. The van der Waals surface area contributed by atoms with E-state index in [2.05, 4.69) is 16.0 Å². The Balaban J connectivity index is 2.35. The molecule has 3 amide bonds. The summed E-state index contributed by atoms with van der Waals surface area (Å²) in [5.74, 6) is -1.54. The first-order chi connectivity index (χ1) is 8.93. The molecule has 1 aliphatic rings. The zero-order chi connectivity index (χ0) is 14.4. The number of rotatable bonds is 7. The van der Waals surface area contributed by atoms with Gasteiger partial charge in [-0.3, -0.25) is 4.79 Å². The van der Waals surface area contributed by atoms with Crippen molar-refractivity contribution in [2.75, 3.05) is 6.61 Å². The molecule has 8 heteroatoms. The van der Waals surface area contributed by atoms with Crippen LogP contribution in [0.4, 0.5) is 4.79 Å². The van der Waals surface area contributed by atoms with Gasteiger partial charge in [0.15, 0.2) is 0 Å². The summed E-state index contributed by atoms with van der Waals surface area (Å²) >= 11 is 0. The molecule has 108 valence electrons. The van der Waals surface area contributed by atoms with Crippen molar-refractivity contribution in [3.63, 3.8) is 0 Å². The fraction of sp³-hybridized carbons (Fsp3) is 0.727. The van der Waals surface area contributed by atoms with E-state index in [1.807, 2.05) is 0 Å². The summed E-state index contributed by atoms with van der Waals surface area (Å²) in [7, 11) is 0. The van der Waals surface area contributed by atoms with Crippen LogP contribution in [0.3, 0.4) is 0 Å². The van der Waals surface area contributed by atoms with E-state index in [1.54, 1.807) is 0 Å². The maximum atomic E-state index is 11.6. The number of carbonyl (C=O) groups excluding carboxylic acids is 2. The van der Waals surface area contributed by atoms with Gasteiger partial charge in [0, 0.05) is 19.1 Å². The Morgan fingerprint density at radius 3 is 2.37 bits per heavy atom. The summed E-state index contributed by atoms with van der Waals surface area (Å²) in [5.41, 5.74) is 0. The monoisotopic (exact) mass is 273 g/mol. The molecule has 0 aromatic heterocycles. The molecule has 8 nitrogen and oxygen atoms in total. The number of aliphatic carboxylic acids is 1. The number of carbonyl (C=O) groups is 3. The van der Waals surface area contributed by atoms with Crippen molar-refractivity contribution in [3.05, 3.63) is 0 Å². The van der Waals surface area contributed by atoms with Crippen LogP contribution in [0.25, 0.3) is 0 Å². The first-order valence-electron chi connectivity index (χ1n) is 6.15. The number of nitrogens with one attached hydrogen (secondary N) is 3. The topological polar surface area (TPSA) is 128 Å². The SMILES string of the molecule is CC(NC(=O)NC(CCO)C(=O)O)C(=O)NC1CC1. The largest absolute Gasteiger partial charge is 0.480 e. The van der Waals surface area contributed by atoms with Crippen molar-refractivity contribution in [3.8, 4) is 0 Å². The second-order valence-electron chi connectivity index (χ2n) is 4.53. The van der Waals surface area contributed by atoms with Crippen molar-refractivity contribution < 1.29 is 24.6 Å². The Hall–Kier alpha value is -1.83. The van der Waals surface area contributed by atoms with Gasteiger partial charge in [0.2, 0.25) is 5.91 Å². The van der Waals surface area contributed by atoms with Gasteiger partial charge >= 0.3 is 12.0 Å². The van der Waals surface area contributed by atoms with Gasteiger partial charge in [-0.1, -0.05) is 0 Å². The third-order valence-corrected chi connectivity index (χ3v) is 2.69. The molecule has 0 heterocycles. The number of aliphatic hydroxyl groups is 1. The van der Waals surface area contributed by atoms with Crippen LogP contribution in [0.15, 0.2) is 0 Å². The van der Waals surface area contributed by atoms with E-state index < -0.39 is 24.1 Å². The number of aliphatic hydroxyl groups excluding tert-OH is 1. The van der Waals surface area contributed by atoms with Gasteiger partial charge in [0.05, 0.1) is 0 Å². The van der Waals surface area contributed by atoms with Crippen LogP contribution >= 0.6 is 0 Å². The minimum Gasteiger partial charge on any atom is -0.480 e. The zero-order valence-corrected chi connectivity index (χ0v) is 10.7. The van der Waals surface area contributed by atoms with Crippen LogP contribution in [0, 0.1) is 0 Å². The van der Waals surface area contributed by atoms with Gasteiger partial charge in [-0.25, -0.2) is 9.59 Å². The number of hydrogen-bond acceptors (Lipinski definition) is 4. The number of carboxylic acids is 1. The summed E-state index contributed by atoms with van der Waals surface area (Å²) < 4.78 is 0. The second-order valence-corrected chi connectivity index (χ2v) is 4.53. The molecule has 2 unspecified atom stereocenters. The first-order valence-corrected chi connectivity index (χ1v) is 6.15. The van der Waals surface area contributed by atoms with Gasteiger partial charge in [-0.15, -0.1) is 0 Å². The summed E-state index contributed by atoms with van der Waals surface area (Å²) in [6.45, 7) is 1.16. The van der Waals surface area contributed by atoms with Gasteiger partial charge in [0.1, 0.15) is 12.1 Å². The average molecular weight is 273 g/mol. The van der Waals surface area contributed by atoms with Crippen LogP contribution in [-0.4, -0.2) is 52.9 Å². The zero-order valence-electron chi connectivity index (χ0n) is 10.7. The van der Waals surface area contributed by atoms with E-state index in [9.17, 15) is 14.4 Å². The van der Waals surface area contributed by atoms with Gasteiger partial charge < -0.3 is 26.2 Å². The fourth-order valence-corrected chi connectivity index (χ4v) is 1.40. The fourth-order valence-electron chi connectivity index (χ4n) is 1.40. The predicted molar refractivity (Wildman–Crippen MR) is 65.4 cm³/mol. The van der Waals surface area contributed by atoms with Crippen LogP contribution in [0.1, 0.15) is 26.2 Å². The molecule has 1 aliphatic carbocycles. The minimum atomic E-state index is -1.24. The van der Waals surface area contributed by atoms with E-state index in [-0.39, 0.29) is 25.0 Å². The molecule has 0 bridgehead atoms. The molecule has 0 saturated heterocycles. The van der Waals surface area contributed by atoms with E-state index in [1.165, 1.54) is 6.92 Å². The smallest absolute Gasteiger partial charge is 0.326 e. The molecular weight excluding hydrogens is 254 g/mol. The lowest BCUT2D eigenvalue weighted by Gasteiger charge is -2.17. The van der Waals surface area contributed by atoms with Gasteiger partial charge in [-0.05, 0) is 19.8 Å². The van der Waals surface area contributed by atoms with E-state index in [0.717, 1.165) is 12.8 Å². The number of urea groups is 1. The average Bonchev–Trinajstić information content (AvgIpc) is 3.11. The molecule has 0 aliphatic heterocycles. The van der Waals surface area contributed by atoms with Crippen molar-refractivity contribution in [2.24, 2.45) is 0 Å². The van der Waals surface area contributed by atoms with E-state index in [0.29, 0.717) is 0 Å². The molecule has 1 rings (SSSR count). The Kier molecular flexibility index (Phi) is 5.56. The molecule has 1 saturated carbocycles. The molecule has 5 N–H and O–H groups in total. The lowest BCUT2D eigenvalue weighted by molar-refractivity contribution is -0.139. The maximum Gasteiger partial charge on any atom is 0.326 e. The number of carboxylic acid groups (broad SMARTS) is 1. The molecule has 0 aromatic carbocycles. The quantitative estimate of drug-likeness (QED) is 0.397. The molecular formula is C11H19N3O5. The van der Waals surface area contributed by atoms with Gasteiger partial charge in [-0.2, -0.15) is 0 Å². The first kappa shape index (κ1) is 15.2. The van der Waals surface area contributed by atoms with E-state index >= 15 is 0 Å². The third-order valence-electron chi connectivity index (χ3n) is 2.69. The van der Waals surface area contributed by atoms with Gasteiger partial charge in [0.25, 0.3) is 0 Å². The lowest BCUT2D eigenvalue weighted by atomic mass is 10.2. The van der Waals surface area contributed by atoms with Crippen molar-refractivity contribution in [2.45, 2.75) is 44.3 Å². The standard InChI is InChI=1S/C11H19N3O5/c1-6(9(16)13-7-2-3-7)12-11(19)14-8(4-5-15)10(17)18/h6-8,15H,2-5H2,1H3,(H,13,16)(H,17,18)(H2,12,14,19). The molecule has 0 radical (unpaired) electrons. The lowest BCUT2D eigenvalue weighted by Crippen LogP contribution is -2.52. The van der Waals surface area contributed by atoms with Crippen molar-refractivity contribution in [1.82, 2.24) is 16.0 Å². The molecule has 0 spiro atoms. The number of hydrogen-bond donors (Lipinski definition) is 5. The van der Waals surface area contributed by atoms with Crippen molar-refractivity contribution >= 4 is 17.9 Å². The Morgan fingerprint density at radius 2 is 1.89 bits per heavy atom. The highest BCUT2D eigenvalue weighted by molar-refractivity contribution is 5.88. The second kappa shape index (κ2) is 6.93. The van der Waals surface area contributed by atoms with E-state index in [4.69, 9.17) is 10.2 Å². The van der Waals surface area contributed by atoms with Crippen molar-refractivity contribution in [1.29, 1.82) is 0 Å². The summed E-state index contributed by atoms with van der Waals surface area (Å²) in [5, 5.41) is 24.7. The minimum absolute atomic E-state index is 0.0919. The highest BCUT2D eigenvalue weighted by Gasteiger charge is 2.27. The van der Waals surface area contributed by atoms with Crippen LogP contribution in [-0.2, 0) is 9.59 Å². The van der Waals surface area contributed by atoms with Crippen LogP contribution < -0.4 is 16.0 Å². The molecule has 19 heavy (non-hydrogen) atoms. The Labute approximate surface area is 110 Å². The number of amides is 3. The molecule has 2 atom stereocenters. The molecule has 0 aromatic rings. The maximum absolute atomic E-state index is 11.6. The Morgan fingerprint density at radius 1 is 1.26 bits per heavy atom. The predicted octanol–water partition coefficient (Wildman–Crippen LogP) is -1.21. The van der Waals surface area contributed by atoms with Crippen LogP contribution in [0.2, 0.25) is 0 Å². The summed E-state index contributed by atoms with van der Waals surface area (Å²) in [6.07, 6.45) is 1.80. The normalized spacial score (nSPS) is 17.2.